The van der Waals surface area contributed by atoms with Gasteiger partial charge in [-0.3, -0.25) is 0 Å². The molecule has 6 heavy (non-hydrogen) atoms. The molecule has 0 amide bonds. The first-order valence-electron chi connectivity index (χ1n) is 2.20. The molecule has 0 bridgehead atoms. The maximum absolute atomic E-state index is 9.44. The molecule has 0 saturated carbocycles. The van der Waals surface area contributed by atoms with Crippen molar-refractivity contribution >= 4 is 5.78 Å². The van der Waals surface area contributed by atoms with Crippen LogP contribution in [0.15, 0.2) is 0 Å². The Morgan fingerprint density at radius 2 is 1.33 bits per heavy atom. The van der Waals surface area contributed by atoms with Crippen molar-refractivity contribution in [3.8, 4) is 0 Å². The molecular weight excluding hydrogens is 76.1 g/mol. The third-order valence-corrected chi connectivity index (χ3v) is 0. The predicted octanol–water partition coefficient (Wildman–Crippen LogP) is 1.87. The van der Waals surface area contributed by atoms with Gasteiger partial charge in [0, 0.05) is 1.43 Å². The molecule has 1 heteroatoms. The molecule has 0 N–H and O–H groups in total. The predicted molar refractivity (Wildman–Crippen MR) is 29.8 cm³/mol. The molecule has 0 rings (SSSR count). The Labute approximate surface area is 40.9 Å². The van der Waals surface area contributed by atoms with E-state index in [4.69, 9.17) is 0 Å². The van der Waals surface area contributed by atoms with E-state index in [1.54, 1.807) is 0 Å². The maximum Gasteiger partial charge on any atom is 0.126 e. The second-order valence-electron chi connectivity index (χ2n) is 0.908. The summed E-state index contributed by atoms with van der Waals surface area (Å²) < 4.78 is 0. The van der Waals surface area contributed by atoms with Crippen molar-refractivity contribution < 1.29 is 6.22 Å². The summed E-state index contributed by atoms with van der Waals surface area (Å²) in [4.78, 5) is 9.44. The summed E-state index contributed by atoms with van der Waals surface area (Å²) in [7, 11) is 0. The number of hydrogen-bond donors (Lipinski definition) is 0. The lowest BCUT2D eigenvalue weighted by atomic mass is 10.6. The average Bonchev–Trinajstić information content (AvgIpc) is 1.41. The molecule has 0 unspecified atom stereocenters. The number of Topliss-reactive ketones (excluding diaryl/α,β-unsaturated/α-hetero) is 1. The molecule has 0 radical (unpaired) electrons. The highest BCUT2D eigenvalue weighted by Crippen LogP contribution is 1.50. The molecule has 1 nitrogen and oxygen atoms in total. The van der Waals surface area contributed by atoms with Gasteiger partial charge in [-0.05, 0) is 13.8 Å². The second kappa shape index (κ2) is 8.82. The Kier molecular flexibility index (Phi) is 13.5. The van der Waals surface area contributed by atoms with Gasteiger partial charge in [-0.2, -0.15) is 0 Å². The van der Waals surface area contributed by atoms with Gasteiger partial charge in [-0.15, -0.1) is 0 Å². The van der Waals surface area contributed by atoms with Crippen LogP contribution in [0.3, 0.4) is 0 Å². The Hall–Kier alpha value is -0.330. The van der Waals surface area contributed by atoms with Crippen LogP contribution < -0.4 is 0 Å². The molecular formula is C5H14O. The van der Waals surface area contributed by atoms with Crippen LogP contribution in [0.2, 0.25) is 0 Å². The lowest BCUT2D eigenvalue weighted by Crippen LogP contribution is -1.69. The van der Waals surface area contributed by atoms with Gasteiger partial charge >= 0.3 is 0 Å². The van der Waals surface area contributed by atoms with Gasteiger partial charge in [-0.1, -0.05) is 13.8 Å². The zero-order valence-electron chi connectivity index (χ0n) is 4.91. The van der Waals surface area contributed by atoms with Gasteiger partial charge < -0.3 is 4.79 Å². The van der Waals surface area contributed by atoms with E-state index in [2.05, 4.69) is 0 Å². The molecule has 0 spiro atoms. The Balaban J connectivity index is -0.0000000480. The van der Waals surface area contributed by atoms with E-state index in [-0.39, 0.29) is 7.21 Å². The van der Waals surface area contributed by atoms with Crippen LogP contribution in [0.5, 0.6) is 0 Å². The summed E-state index contributed by atoms with van der Waals surface area (Å²) in [5.41, 5.74) is 0. The average molecular weight is 90.2 g/mol. The summed E-state index contributed by atoms with van der Waals surface area (Å²) in [6.07, 6.45) is 0. The largest absolute Gasteiger partial charge is 0.300 e. The highest BCUT2D eigenvalue weighted by molar-refractivity contribution is 5.72. The first-order valence-corrected chi connectivity index (χ1v) is 2.20. The third-order valence-electron chi connectivity index (χ3n) is 0. The lowest BCUT2D eigenvalue weighted by molar-refractivity contribution is -0.114. The molecule has 40 valence electrons. The van der Waals surface area contributed by atoms with Crippen molar-refractivity contribution in [2.75, 3.05) is 0 Å². The van der Waals surface area contributed by atoms with Gasteiger partial charge in [-0.25, -0.2) is 0 Å². The van der Waals surface area contributed by atoms with Crippen LogP contribution in [0.4, 0.5) is 0 Å². The zero-order valence-corrected chi connectivity index (χ0v) is 4.91. The minimum atomic E-state index is 0. The van der Waals surface area contributed by atoms with E-state index in [0.29, 0.717) is 0 Å². The lowest BCUT2D eigenvalue weighted by Gasteiger charge is -1.56. The maximum atomic E-state index is 9.44. The Bertz CT molecular complexity index is 31.1. The summed E-state index contributed by atoms with van der Waals surface area (Å²) in [6.45, 7) is 7.06. The van der Waals surface area contributed by atoms with E-state index >= 15 is 0 Å². The quantitative estimate of drug-likeness (QED) is 0.443. The fourth-order valence-electron chi connectivity index (χ4n) is 0. The van der Waals surface area contributed by atoms with E-state index in [9.17, 15) is 4.79 Å². The molecule has 0 aliphatic rings. The summed E-state index contributed by atoms with van der Waals surface area (Å²) >= 11 is 0. The van der Waals surface area contributed by atoms with E-state index < -0.39 is 0 Å². The molecule has 0 aromatic rings. The monoisotopic (exact) mass is 90.1 g/mol. The van der Waals surface area contributed by atoms with Gasteiger partial charge in [0.1, 0.15) is 5.78 Å². The Morgan fingerprint density at radius 3 is 1.33 bits per heavy atom. The smallest absolute Gasteiger partial charge is 0.126 e. The van der Waals surface area contributed by atoms with Crippen molar-refractivity contribution in [3.05, 3.63) is 0 Å². The molecule has 0 aliphatic carbocycles. The fourth-order valence-corrected chi connectivity index (χ4v) is 0. The molecule has 0 heterocycles. The highest BCUT2D eigenvalue weighted by Gasteiger charge is 1.62. The van der Waals surface area contributed by atoms with Gasteiger partial charge in [0.25, 0.3) is 0 Å². The summed E-state index contributed by atoms with van der Waals surface area (Å²) in [6, 6.07) is 0. The van der Waals surface area contributed by atoms with Gasteiger partial charge in [0.2, 0.25) is 0 Å². The van der Waals surface area contributed by atoms with Crippen molar-refractivity contribution in [2.24, 2.45) is 0 Å². The van der Waals surface area contributed by atoms with Gasteiger partial charge in [0.15, 0.2) is 0 Å². The number of carbonyl (C=O) groups excluding carboxylic acids is 1. The minimum absolute atomic E-state index is 0. The van der Waals surface area contributed by atoms with E-state index in [0.717, 1.165) is 0 Å². The highest BCUT2D eigenvalue weighted by atomic mass is 16.1. The molecule has 0 aromatic carbocycles. The van der Waals surface area contributed by atoms with Gasteiger partial charge in [0.05, 0.1) is 0 Å². The second-order valence-corrected chi connectivity index (χ2v) is 0.908. The molecule has 0 aromatic heterocycles. The van der Waals surface area contributed by atoms with E-state index in [1.165, 1.54) is 13.8 Å². The summed E-state index contributed by atoms with van der Waals surface area (Å²) in [5, 5.41) is 0. The van der Waals surface area contributed by atoms with Crippen LogP contribution in [0, 0.1) is 0 Å². The first kappa shape index (κ1) is 9.18. The van der Waals surface area contributed by atoms with Crippen LogP contribution in [-0.4, -0.2) is 5.78 Å². The number of ketones is 1. The number of carbonyl (C=O) groups is 1. The molecule has 0 fully saturated rings. The normalized spacial score (nSPS) is 5.33. The van der Waals surface area contributed by atoms with Crippen molar-refractivity contribution in [1.29, 1.82) is 0 Å². The zero-order chi connectivity index (χ0) is 5.58. The third kappa shape index (κ3) is 240. The van der Waals surface area contributed by atoms with Crippen LogP contribution in [0.1, 0.15) is 29.1 Å². The van der Waals surface area contributed by atoms with Crippen molar-refractivity contribution in [3.63, 3.8) is 0 Å². The van der Waals surface area contributed by atoms with Crippen LogP contribution in [0.25, 0.3) is 0 Å². The minimum Gasteiger partial charge on any atom is -0.300 e. The first-order chi connectivity index (χ1) is 2.73. The molecule has 0 aliphatic heterocycles. The van der Waals surface area contributed by atoms with Crippen molar-refractivity contribution in [2.45, 2.75) is 27.7 Å². The van der Waals surface area contributed by atoms with Crippen LogP contribution in [-0.2, 0) is 4.79 Å². The van der Waals surface area contributed by atoms with Crippen LogP contribution >= 0.6 is 0 Å². The molecule has 0 saturated heterocycles. The standard InChI is InChI=1S/C3H6O.C2H6.H2/c1-3(2)4;1-2;/h1-2H3;1-2H3;1H. The summed E-state index contributed by atoms with van der Waals surface area (Å²) in [5.74, 6) is 0.167. The Morgan fingerprint density at radius 1 is 1.33 bits per heavy atom. The van der Waals surface area contributed by atoms with Crippen molar-refractivity contribution in [1.82, 2.24) is 0 Å². The topological polar surface area (TPSA) is 17.1 Å². The fraction of sp³-hybridized carbons (Fsp3) is 0.800. The number of hydrogen-bond acceptors (Lipinski definition) is 1. The number of rotatable bonds is 0. The SMILES string of the molecule is CC.CC(C)=O.[HH]. The van der Waals surface area contributed by atoms with E-state index in [1.807, 2.05) is 13.8 Å². The molecule has 0 atom stereocenters.